The fourth-order valence-corrected chi connectivity index (χ4v) is 2.58. The van der Waals surface area contributed by atoms with Gasteiger partial charge in [-0.1, -0.05) is 31.9 Å². The predicted molar refractivity (Wildman–Crippen MR) is 105 cm³/mol. The van der Waals surface area contributed by atoms with E-state index < -0.39 is 6.10 Å². The molecule has 0 saturated carbocycles. The van der Waals surface area contributed by atoms with Gasteiger partial charge < -0.3 is 9.47 Å². The van der Waals surface area contributed by atoms with Gasteiger partial charge in [0, 0.05) is 14.5 Å². The largest absolute Gasteiger partial charge is 0.493 e. The first kappa shape index (κ1) is 19.5. The lowest BCUT2D eigenvalue weighted by atomic mass is 10.2. The lowest BCUT2D eigenvalue weighted by Gasteiger charge is -2.13. The number of nitrogens with one attached hydrogen (secondary N) is 1. The molecule has 1 amide bonds. The number of hydrazone groups is 1. The van der Waals surface area contributed by atoms with Crippen LogP contribution >= 0.6 is 31.9 Å². The second-order valence-electron chi connectivity index (χ2n) is 5.06. The van der Waals surface area contributed by atoms with Gasteiger partial charge in [0.05, 0.1) is 12.8 Å². The molecule has 7 heteroatoms. The summed E-state index contributed by atoms with van der Waals surface area (Å²) in [6.07, 6.45) is 0.868. The van der Waals surface area contributed by atoms with Gasteiger partial charge in [0.1, 0.15) is 11.5 Å². The smallest absolute Gasteiger partial charge is 0.280 e. The molecule has 0 spiro atoms. The number of carbonyl (C=O) groups is 1. The van der Waals surface area contributed by atoms with Crippen molar-refractivity contribution < 1.29 is 14.3 Å². The minimum Gasteiger partial charge on any atom is -0.493 e. The van der Waals surface area contributed by atoms with Crippen LogP contribution in [0.15, 0.2) is 56.5 Å². The normalized spacial score (nSPS) is 12.0. The van der Waals surface area contributed by atoms with Crippen molar-refractivity contribution in [2.75, 3.05) is 6.61 Å². The molecule has 2 aromatic rings. The number of hydrogen-bond acceptors (Lipinski definition) is 4. The van der Waals surface area contributed by atoms with Crippen LogP contribution in [0.1, 0.15) is 19.4 Å². The molecule has 1 atom stereocenters. The summed E-state index contributed by atoms with van der Waals surface area (Å²) in [5, 5.41) is 3.99. The van der Waals surface area contributed by atoms with E-state index in [1.54, 1.807) is 25.3 Å². The van der Waals surface area contributed by atoms with E-state index in [4.69, 9.17) is 9.47 Å². The fourth-order valence-electron chi connectivity index (χ4n) is 1.93. The number of nitrogens with zero attached hydrogens (tertiary/aromatic N) is 1. The number of hydrogen-bond donors (Lipinski definition) is 1. The Morgan fingerprint density at radius 2 is 1.88 bits per heavy atom. The molecule has 2 aromatic carbocycles. The average molecular weight is 470 g/mol. The molecule has 0 saturated heterocycles. The van der Waals surface area contributed by atoms with Crippen LogP contribution in [-0.2, 0) is 4.79 Å². The Morgan fingerprint density at radius 3 is 2.56 bits per heavy atom. The molecule has 0 unspecified atom stereocenters. The minimum atomic E-state index is -0.674. The molecule has 0 bridgehead atoms. The summed E-state index contributed by atoms with van der Waals surface area (Å²) in [4.78, 5) is 12.1. The SMILES string of the molecule is CCOc1ccc(Br)cc1/C=N\NC(=O)[C@@H](C)Oc1ccc(Br)cc1. The standard InChI is InChI=1S/C18H18Br2N2O3/c1-3-24-17-9-6-15(20)10-13(17)11-21-22-18(23)12(2)25-16-7-4-14(19)5-8-16/h4-12H,3H2,1-2H3,(H,22,23)/b21-11-/t12-/m1/s1. The van der Waals surface area contributed by atoms with E-state index in [-0.39, 0.29) is 5.91 Å². The number of ether oxygens (including phenoxy) is 2. The zero-order chi connectivity index (χ0) is 18.2. The van der Waals surface area contributed by atoms with Crippen molar-refractivity contribution >= 4 is 44.0 Å². The summed E-state index contributed by atoms with van der Waals surface area (Å²) in [5.41, 5.74) is 3.24. The first-order chi connectivity index (χ1) is 12.0. The summed E-state index contributed by atoms with van der Waals surface area (Å²) >= 11 is 6.76. The van der Waals surface area contributed by atoms with Gasteiger partial charge in [-0.25, -0.2) is 5.43 Å². The summed E-state index contributed by atoms with van der Waals surface area (Å²) in [6.45, 7) is 4.12. The van der Waals surface area contributed by atoms with Crippen molar-refractivity contribution in [3.05, 3.63) is 57.0 Å². The Balaban J connectivity index is 1.95. The first-order valence-electron chi connectivity index (χ1n) is 7.67. The lowest BCUT2D eigenvalue weighted by Crippen LogP contribution is -2.33. The fraction of sp³-hybridized carbons (Fsp3) is 0.222. The number of halogens is 2. The summed E-state index contributed by atoms with van der Waals surface area (Å²) in [6, 6.07) is 12.9. The van der Waals surface area contributed by atoms with E-state index in [1.165, 1.54) is 0 Å². The minimum absolute atomic E-state index is 0.341. The molecule has 0 heterocycles. The van der Waals surface area contributed by atoms with Gasteiger partial charge in [-0.15, -0.1) is 0 Å². The quantitative estimate of drug-likeness (QED) is 0.478. The monoisotopic (exact) mass is 468 g/mol. The van der Waals surface area contributed by atoms with Gasteiger partial charge >= 0.3 is 0 Å². The zero-order valence-electron chi connectivity index (χ0n) is 13.8. The van der Waals surface area contributed by atoms with Crippen LogP contribution in [0.3, 0.4) is 0 Å². The van der Waals surface area contributed by atoms with Crippen molar-refractivity contribution in [1.82, 2.24) is 5.43 Å². The molecule has 5 nitrogen and oxygen atoms in total. The van der Waals surface area contributed by atoms with E-state index in [0.717, 1.165) is 14.5 Å². The topological polar surface area (TPSA) is 59.9 Å². The third-order valence-corrected chi connectivity index (χ3v) is 4.17. The maximum absolute atomic E-state index is 12.1. The molecule has 2 rings (SSSR count). The second-order valence-corrected chi connectivity index (χ2v) is 6.89. The number of carbonyl (C=O) groups excluding carboxylic acids is 1. The van der Waals surface area contributed by atoms with E-state index >= 15 is 0 Å². The Kier molecular flexibility index (Phi) is 7.46. The Bertz CT molecular complexity index is 748. The van der Waals surface area contributed by atoms with Gasteiger partial charge in [-0.3, -0.25) is 4.79 Å². The Morgan fingerprint density at radius 1 is 1.20 bits per heavy atom. The number of amides is 1. The van der Waals surface area contributed by atoms with Crippen LogP contribution in [0.2, 0.25) is 0 Å². The first-order valence-corrected chi connectivity index (χ1v) is 9.25. The van der Waals surface area contributed by atoms with Gasteiger partial charge in [-0.05, 0) is 56.3 Å². The van der Waals surface area contributed by atoms with E-state index in [0.29, 0.717) is 18.1 Å². The third-order valence-electron chi connectivity index (χ3n) is 3.15. The van der Waals surface area contributed by atoms with Gasteiger partial charge in [0.2, 0.25) is 0 Å². The maximum Gasteiger partial charge on any atom is 0.280 e. The maximum atomic E-state index is 12.1. The molecular weight excluding hydrogens is 452 g/mol. The third kappa shape index (κ3) is 6.17. The second kappa shape index (κ2) is 9.58. The highest BCUT2D eigenvalue weighted by Gasteiger charge is 2.14. The molecule has 0 fully saturated rings. The highest BCUT2D eigenvalue weighted by Crippen LogP contribution is 2.21. The van der Waals surface area contributed by atoms with Crippen molar-refractivity contribution in [2.45, 2.75) is 20.0 Å². The van der Waals surface area contributed by atoms with Crippen LogP contribution < -0.4 is 14.9 Å². The number of benzene rings is 2. The predicted octanol–water partition coefficient (Wildman–Crippen LogP) is 4.53. The van der Waals surface area contributed by atoms with Gasteiger partial charge in [0.15, 0.2) is 6.10 Å². The van der Waals surface area contributed by atoms with Crippen molar-refractivity contribution in [1.29, 1.82) is 0 Å². The van der Waals surface area contributed by atoms with E-state index in [2.05, 4.69) is 42.4 Å². The summed E-state index contributed by atoms with van der Waals surface area (Å²) in [5.74, 6) is 0.968. The van der Waals surface area contributed by atoms with Crippen molar-refractivity contribution in [3.63, 3.8) is 0 Å². The highest BCUT2D eigenvalue weighted by molar-refractivity contribution is 9.10. The Labute approximate surface area is 163 Å². The van der Waals surface area contributed by atoms with Gasteiger partial charge in [-0.2, -0.15) is 5.10 Å². The van der Waals surface area contributed by atoms with Crippen LogP contribution in [0.5, 0.6) is 11.5 Å². The highest BCUT2D eigenvalue weighted by atomic mass is 79.9. The average Bonchev–Trinajstić information content (AvgIpc) is 2.59. The molecule has 132 valence electrons. The summed E-state index contributed by atoms with van der Waals surface area (Å²) in [7, 11) is 0. The van der Waals surface area contributed by atoms with Gasteiger partial charge in [0.25, 0.3) is 5.91 Å². The molecule has 0 aromatic heterocycles. The van der Waals surface area contributed by atoms with Crippen LogP contribution in [0.4, 0.5) is 0 Å². The van der Waals surface area contributed by atoms with Crippen LogP contribution in [0.25, 0.3) is 0 Å². The molecule has 1 N–H and O–H groups in total. The summed E-state index contributed by atoms with van der Waals surface area (Å²) < 4.78 is 13.0. The van der Waals surface area contributed by atoms with E-state index in [9.17, 15) is 4.79 Å². The number of rotatable bonds is 7. The zero-order valence-corrected chi connectivity index (χ0v) is 17.0. The molecular formula is C18H18Br2N2O3. The van der Waals surface area contributed by atoms with Crippen molar-refractivity contribution in [3.8, 4) is 11.5 Å². The van der Waals surface area contributed by atoms with Crippen molar-refractivity contribution in [2.24, 2.45) is 5.10 Å². The molecule has 0 aliphatic heterocycles. The van der Waals surface area contributed by atoms with Crippen LogP contribution in [-0.4, -0.2) is 24.8 Å². The molecule has 0 radical (unpaired) electrons. The Hall–Kier alpha value is -1.86. The molecule has 0 aliphatic rings. The van der Waals surface area contributed by atoms with E-state index in [1.807, 2.05) is 37.3 Å². The molecule has 0 aliphatic carbocycles. The van der Waals surface area contributed by atoms with Crippen LogP contribution in [0, 0.1) is 0 Å². The lowest BCUT2D eigenvalue weighted by molar-refractivity contribution is -0.127. The molecule has 25 heavy (non-hydrogen) atoms.